The molecule has 0 aliphatic heterocycles. The second-order valence-corrected chi connectivity index (χ2v) is 4.67. The van der Waals surface area contributed by atoms with Crippen LogP contribution < -0.4 is 5.32 Å². The van der Waals surface area contributed by atoms with E-state index in [2.05, 4.69) is 27.4 Å². The van der Waals surface area contributed by atoms with E-state index in [-0.39, 0.29) is 5.78 Å². The van der Waals surface area contributed by atoms with Crippen molar-refractivity contribution in [3.05, 3.63) is 53.3 Å². The maximum Gasteiger partial charge on any atom is 0.223 e. The number of aromatic nitrogens is 2. The smallest absolute Gasteiger partial charge is 0.223 e. The highest BCUT2D eigenvalue weighted by Gasteiger charge is 2.19. The summed E-state index contributed by atoms with van der Waals surface area (Å²) in [7, 11) is 0. The highest BCUT2D eigenvalue weighted by atomic mass is 16.1. The van der Waals surface area contributed by atoms with Crippen LogP contribution in [0.4, 0.5) is 5.95 Å². The molecule has 3 rings (SSSR count). The minimum absolute atomic E-state index is 0.163. The summed E-state index contributed by atoms with van der Waals surface area (Å²) < 4.78 is 0. The van der Waals surface area contributed by atoms with Gasteiger partial charge in [0.05, 0.1) is 11.3 Å². The second-order valence-electron chi connectivity index (χ2n) is 4.67. The lowest BCUT2D eigenvalue weighted by Gasteiger charge is -2.14. The lowest BCUT2D eigenvalue weighted by Crippen LogP contribution is -2.15. The predicted molar refractivity (Wildman–Crippen MR) is 73.1 cm³/mol. The molecule has 1 aromatic carbocycles. The summed E-state index contributed by atoms with van der Waals surface area (Å²) in [5, 5.41) is 3.19. The molecule has 1 aliphatic carbocycles. The van der Waals surface area contributed by atoms with E-state index in [9.17, 15) is 4.79 Å². The van der Waals surface area contributed by atoms with Crippen LogP contribution >= 0.6 is 0 Å². The van der Waals surface area contributed by atoms with E-state index < -0.39 is 0 Å². The van der Waals surface area contributed by atoms with Gasteiger partial charge in [0.25, 0.3) is 0 Å². The molecule has 0 radical (unpaired) electrons. The maximum atomic E-state index is 11.7. The van der Waals surface area contributed by atoms with E-state index in [1.807, 2.05) is 18.2 Å². The van der Waals surface area contributed by atoms with Crippen LogP contribution in [0.25, 0.3) is 0 Å². The largest absolute Gasteiger partial charge is 0.350 e. The first-order chi connectivity index (χ1) is 9.33. The van der Waals surface area contributed by atoms with Crippen LogP contribution in [0.2, 0.25) is 0 Å². The fraction of sp³-hybridized carbons (Fsp3) is 0.267. The molecule has 0 spiro atoms. The Morgan fingerprint density at radius 3 is 2.84 bits per heavy atom. The number of fused-ring (bicyclic) bond motifs is 1. The summed E-state index contributed by atoms with van der Waals surface area (Å²) >= 11 is 0. The molecule has 0 amide bonds. The number of hydrogen-bond donors (Lipinski definition) is 1. The van der Waals surface area contributed by atoms with E-state index in [0.717, 1.165) is 18.5 Å². The third-order valence-corrected chi connectivity index (χ3v) is 3.28. The van der Waals surface area contributed by atoms with E-state index in [0.29, 0.717) is 24.5 Å². The Labute approximate surface area is 111 Å². The van der Waals surface area contributed by atoms with Crippen LogP contribution in [0.3, 0.4) is 0 Å². The van der Waals surface area contributed by atoms with Crippen LogP contribution in [-0.2, 0) is 13.0 Å². The summed E-state index contributed by atoms with van der Waals surface area (Å²) in [6.45, 7) is 0.688. The van der Waals surface area contributed by atoms with Crippen molar-refractivity contribution < 1.29 is 4.79 Å². The third-order valence-electron chi connectivity index (χ3n) is 3.28. The van der Waals surface area contributed by atoms with Crippen LogP contribution in [0, 0.1) is 0 Å². The normalized spacial score (nSPS) is 14.0. The second kappa shape index (κ2) is 5.18. The Hall–Kier alpha value is -2.23. The average Bonchev–Trinajstić information content (AvgIpc) is 2.46. The molecule has 4 nitrogen and oxygen atoms in total. The van der Waals surface area contributed by atoms with Crippen molar-refractivity contribution in [2.75, 3.05) is 5.32 Å². The Morgan fingerprint density at radius 1 is 1.16 bits per heavy atom. The standard InChI is InChI=1S/C15H15N3O/c19-14-8-4-7-13-12(14)10-17-15(18-13)16-9-11-5-2-1-3-6-11/h1-3,5-6,10H,4,7-9H2,(H,16,17,18). The first-order valence-corrected chi connectivity index (χ1v) is 6.50. The van der Waals surface area contributed by atoms with Crippen LogP contribution in [0.1, 0.15) is 34.5 Å². The molecule has 0 saturated carbocycles. The van der Waals surface area contributed by atoms with Gasteiger partial charge < -0.3 is 5.32 Å². The number of Topliss-reactive ketones (excluding diaryl/α,β-unsaturated/α-hetero) is 1. The molecule has 96 valence electrons. The molecule has 2 aromatic rings. The number of ketones is 1. The van der Waals surface area contributed by atoms with Crippen molar-refractivity contribution in [2.45, 2.75) is 25.8 Å². The number of carbonyl (C=O) groups is 1. The SMILES string of the molecule is O=C1CCCc2nc(NCc3ccccc3)ncc21. The van der Waals surface area contributed by atoms with Crippen molar-refractivity contribution >= 4 is 11.7 Å². The molecule has 1 aromatic heterocycles. The molecule has 1 N–H and O–H groups in total. The highest BCUT2D eigenvalue weighted by Crippen LogP contribution is 2.19. The molecule has 0 fully saturated rings. The number of rotatable bonds is 3. The number of nitrogens with zero attached hydrogens (tertiary/aromatic N) is 2. The van der Waals surface area contributed by atoms with Gasteiger partial charge in [-0.25, -0.2) is 9.97 Å². The molecular formula is C15H15N3O. The van der Waals surface area contributed by atoms with Gasteiger partial charge in [-0.3, -0.25) is 4.79 Å². The lowest BCUT2D eigenvalue weighted by atomic mass is 9.96. The topological polar surface area (TPSA) is 54.9 Å². The zero-order valence-electron chi connectivity index (χ0n) is 10.6. The molecule has 0 bridgehead atoms. The summed E-state index contributed by atoms with van der Waals surface area (Å²) in [6.07, 6.45) is 4.02. The number of anilines is 1. The van der Waals surface area contributed by atoms with Crippen molar-refractivity contribution in [2.24, 2.45) is 0 Å². The molecule has 0 saturated heterocycles. The Balaban J connectivity index is 1.74. The highest BCUT2D eigenvalue weighted by molar-refractivity contribution is 5.97. The van der Waals surface area contributed by atoms with E-state index >= 15 is 0 Å². The van der Waals surface area contributed by atoms with Crippen molar-refractivity contribution in [1.82, 2.24) is 9.97 Å². The number of aryl methyl sites for hydroxylation is 1. The first-order valence-electron chi connectivity index (χ1n) is 6.50. The Morgan fingerprint density at radius 2 is 2.00 bits per heavy atom. The van der Waals surface area contributed by atoms with Crippen LogP contribution in [-0.4, -0.2) is 15.8 Å². The minimum Gasteiger partial charge on any atom is -0.350 e. The van der Waals surface area contributed by atoms with Crippen molar-refractivity contribution in [3.8, 4) is 0 Å². The van der Waals surface area contributed by atoms with E-state index in [4.69, 9.17) is 0 Å². The molecule has 19 heavy (non-hydrogen) atoms. The molecule has 0 atom stereocenters. The summed E-state index contributed by atoms with van der Waals surface area (Å²) in [4.78, 5) is 20.3. The fourth-order valence-corrected chi connectivity index (χ4v) is 2.25. The van der Waals surface area contributed by atoms with Gasteiger partial charge in [-0.2, -0.15) is 0 Å². The molecule has 0 unspecified atom stereocenters. The summed E-state index contributed by atoms with van der Waals surface area (Å²) in [6, 6.07) is 10.1. The number of hydrogen-bond acceptors (Lipinski definition) is 4. The van der Waals surface area contributed by atoms with Gasteiger partial charge in [0.2, 0.25) is 5.95 Å². The molecule has 4 heteroatoms. The van der Waals surface area contributed by atoms with Gasteiger partial charge in [0.1, 0.15) is 0 Å². The van der Waals surface area contributed by atoms with Crippen molar-refractivity contribution in [3.63, 3.8) is 0 Å². The molecule has 1 heterocycles. The van der Waals surface area contributed by atoms with E-state index in [1.54, 1.807) is 6.20 Å². The lowest BCUT2D eigenvalue weighted by molar-refractivity contribution is 0.0971. The fourth-order valence-electron chi connectivity index (χ4n) is 2.25. The average molecular weight is 253 g/mol. The van der Waals surface area contributed by atoms with E-state index in [1.165, 1.54) is 5.56 Å². The predicted octanol–water partition coefficient (Wildman–Crippen LogP) is 2.61. The van der Waals surface area contributed by atoms with Gasteiger partial charge in [0, 0.05) is 19.2 Å². The van der Waals surface area contributed by atoms with Gasteiger partial charge in [-0.15, -0.1) is 0 Å². The van der Waals surface area contributed by atoms with Gasteiger partial charge in [-0.05, 0) is 18.4 Å². The monoisotopic (exact) mass is 253 g/mol. The number of nitrogens with one attached hydrogen (secondary N) is 1. The Kier molecular flexibility index (Phi) is 3.23. The quantitative estimate of drug-likeness (QED) is 0.913. The van der Waals surface area contributed by atoms with Crippen LogP contribution in [0.5, 0.6) is 0 Å². The van der Waals surface area contributed by atoms with Gasteiger partial charge in [-0.1, -0.05) is 30.3 Å². The molecule has 1 aliphatic rings. The minimum atomic E-state index is 0.163. The first kappa shape index (κ1) is 11.8. The summed E-state index contributed by atoms with van der Waals surface area (Å²) in [5.41, 5.74) is 2.75. The van der Waals surface area contributed by atoms with Gasteiger partial charge in [0.15, 0.2) is 5.78 Å². The summed E-state index contributed by atoms with van der Waals surface area (Å²) in [5.74, 6) is 0.758. The third kappa shape index (κ3) is 2.62. The zero-order valence-corrected chi connectivity index (χ0v) is 10.6. The number of benzene rings is 1. The maximum absolute atomic E-state index is 11.7. The molecular weight excluding hydrogens is 238 g/mol. The Bertz CT molecular complexity index is 596. The zero-order chi connectivity index (χ0) is 13.1. The van der Waals surface area contributed by atoms with Crippen molar-refractivity contribution in [1.29, 1.82) is 0 Å². The number of carbonyl (C=O) groups excluding carboxylic acids is 1. The van der Waals surface area contributed by atoms with Crippen LogP contribution in [0.15, 0.2) is 36.5 Å². The van der Waals surface area contributed by atoms with Gasteiger partial charge >= 0.3 is 0 Å².